The molecular formula is C12H18BrCl2F3N2S. The van der Waals surface area contributed by atoms with Crippen molar-refractivity contribution >= 4 is 52.1 Å². The third-order valence-electron chi connectivity index (χ3n) is 3.21. The summed E-state index contributed by atoms with van der Waals surface area (Å²) in [6.07, 6.45) is -4.67. The zero-order valence-electron chi connectivity index (χ0n) is 11.2. The first kappa shape index (κ1) is 21.5. The van der Waals surface area contributed by atoms with E-state index in [4.69, 9.17) is 0 Å². The monoisotopic (exact) mass is 428 g/mol. The van der Waals surface area contributed by atoms with Crippen LogP contribution < -0.4 is 5.32 Å². The number of hydrogen-bond acceptors (Lipinski definition) is 3. The van der Waals surface area contributed by atoms with E-state index in [1.54, 1.807) is 0 Å². The van der Waals surface area contributed by atoms with Gasteiger partial charge >= 0.3 is 6.18 Å². The molecular weight excluding hydrogens is 412 g/mol. The molecule has 2 nitrogen and oxygen atoms in total. The fourth-order valence-electron chi connectivity index (χ4n) is 2.30. The summed E-state index contributed by atoms with van der Waals surface area (Å²) in [4.78, 5) is 3.17. The van der Waals surface area contributed by atoms with E-state index in [0.717, 1.165) is 35.5 Å². The van der Waals surface area contributed by atoms with Crippen LogP contribution in [0.1, 0.15) is 23.8 Å². The van der Waals surface area contributed by atoms with E-state index < -0.39 is 12.6 Å². The van der Waals surface area contributed by atoms with Crippen LogP contribution in [0.4, 0.5) is 13.2 Å². The molecule has 0 unspecified atom stereocenters. The van der Waals surface area contributed by atoms with Gasteiger partial charge in [-0.15, -0.1) is 36.2 Å². The van der Waals surface area contributed by atoms with Crippen LogP contribution in [0.25, 0.3) is 0 Å². The summed E-state index contributed by atoms with van der Waals surface area (Å²) in [5.41, 5.74) is 0. The molecule has 21 heavy (non-hydrogen) atoms. The van der Waals surface area contributed by atoms with E-state index in [1.807, 2.05) is 11.4 Å². The standard InChI is InChI=1S/C12H16BrF3N2S.2ClH/c13-9-7-11(19-8-9)10(1-2-12(14,15)16)18-5-3-17-4-6-18;;/h7-8,10,17H,1-6H2;2*1H/t10-;;/m1../s1. The lowest BCUT2D eigenvalue weighted by atomic mass is 10.1. The Morgan fingerprint density at radius 2 is 1.90 bits per heavy atom. The first-order valence-electron chi connectivity index (χ1n) is 6.21. The maximum atomic E-state index is 12.5. The Balaban J connectivity index is 0.00000200. The fourth-order valence-corrected chi connectivity index (χ4v) is 3.92. The predicted octanol–water partition coefficient (Wildman–Crippen LogP) is 4.64. The molecule has 2 rings (SSSR count). The fraction of sp³-hybridized carbons (Fsp3) is 0.667. The van der Waals surface area contributed by atoms with E-state index >= 15 is 0 Å². The third kappa shape index (κ3) is 7.05. The van der Waals surface area contributed by atoms with Crippen molar-refractivity contribution in [2.75, 3.05) is 26.2 Å². The number of hydrogen-bond donors (Lipinski definition) is 1. The summed E-state index contributed by atoms with van der Waals surface area (Å²) >= 11 is 4.90. The highest BCUT2D eigenvalue weighted by Gasteiger charge is 2.31. The minimum absolute atomic E-state index is 0. The molecule has 0 radical (unpaired) electrons. The average Bonchev–Trinajstić information content (AvgIpc) is 2.76. The van der Waals surface area contributed by atoms with Gasteiger partial charge in [0.05, 0.1) is 0 Å². The van der Waals surface area contributed by atoms with Crippen LogP contribution in [-0.4, -0.2) is 37.3 Å². The lowest BCUT2D eigenvalue weighted by molar-refractivity contribution is -0.138. The second-order valence-electron chi connectivity index (χ2n) is 4.62. The van der Waals surface area contributed by atoms with Gasteiger partial charge in [0.1, 0.15) is 0 Å². The highest BCUT2D eigenvalue weighted by Crippen LogP contribution is 2.35. The summed E-state index contributed by atoms with van der Waals surface area (Å²) in [6, 6.07) is 1.81. The van der Waals surface area contributed by atoms with Gasteiger partial charge in [0.2, 0.25) is 0 Å². The predicted molar refractivity (Wildman–Crippen MR) is 89.0 cm³/mol. The Labute approximate surface area is 147 Å². The maximum Gasteiger partial charge on any atom is 0.389 e. The van der Waals surface area contributed by atoms with E-state index in [0.29, 0.717) is 0 Å². The highest BCUT2D eigenvalue weighted by atomic mass is 79.9. The molecule has 0 amide bonds. The van der Waals surface area contributed by atoms with Crippen molar-refractivity contribution in [2.45, 2.75) is 25.1 Å². The van der Waals surface area contributed by atoms with E-state index in [-0.39, 0.29) is 37.3 Å². The van der Waals surface area contributed by atoms with Crippen molar-refractivity contribution in [3.05, 3.63) is 20.8 Å². The molecule has 1 aliphatic rings. The van der Waals surface area contributed by atoms with Gasteiger partial charge in [-0.25, -0.2) is 0 Å². The molecule has 1 aromatic heterocycles. The van der Waals surface area contributed by atoms with Crippen molar-refractivity contribution in [1.29, 1.82) is 0 Å². The van der Waals surface area contributed by atoms with E-state index in [2.05, 4.69) is 26.1 Å². The highest BCUT2D eigenvalue weighted by molar-refractivity contribution is 9.10. The summed E-state index contributed by atoms with van der Waals surface area (Å²) in [7, 11) is 0. The van der Waals surface area contributed by atoms with Crippen LogP contribution in [0.2, 0.25) is 0 Å². The Hall–Kier alpha value is 0.470. The third-order valence-corrected chi connectivity index (χ3v) is 5.00. The quantitative estimate of drug-likeness (QED) is 0.749. The van der Waals surface area contributed by atoms with Crippen molar-refractivity contribution in [2.24, 2.45) is 0 Å². The van der Waals surface area contributed by atoms with Crippen LogP contribution in [-0.2, 0) is 0 Å². The number of rotatable bonds is 4. The molecule has 9 heteroatoms. The van der Waals surface area contributed by atoms with Gasteiger partial charge < -0.3 is 5.32 Å². The van der Waals surface area contributed by atoms with Gasteiger partial charge in [-0.05, 0) is 28.4 Å². The van der Waals surface area contributed by atoms with Crippen LogP contribution in [0.15, 0.2) is 15.9 Å². The van der Waals surface area contributed by atoms with E-state index in [1.165, 1.54) is 11.3 Å². The Bertz CT molecular complexity index is 411. The summed E-state index contributed by atoms with van der Waals surface area (Å²) < 4.78 is 38.3. The minimum atomic E-state index is -4.08. The Morgan fingerprint density at radius 3 is 2.38 bits per heavy atom. The number of nitrogens with one attached hydrogen (secondary N) is 1. The molecule has 0 aromatic carbocycles. The molecule has 1 aliphatic heterocycles. The second-order valence-corrected chi connectivity index (χ2v) is 6.48. The van der Waals surface area contributed by atoms with Crippen molar-refractivity contribution < 1.29 is 13.2 Å². The second kappa shape index (κ2) is 9.57. The lowest BCUT2D eigenvalue weighted by Crippen LogP contribution is -2.45. The molecule has 0 spiro atoms. The molecule has 1 atom stereocenters. The molecule has 0 saturated carbocycles. The number of piperazine rings is 1. The van der Waals surface area contributed by atoms with Gasteiger partial charge in [0.25, 0.3) is 0 Å². The first-order valence-corrected chi connectivity index (χ1v) is 7.88. The van der Waals surface area contributed by atoms with Crippen molar-refractivity contribution in [1.82, 2.24) is 10.2 Å². The zero-order chi connectivity index (χ0) is 13.9. The van der Waals surface area contributed by atoms with Crippen molar-refractivity contribution in [3.63, 3.8) is 0 Å². The maximum absolute atomic E-state index is 12.5. The first-order chi connectivity index (χ1) is 8.96. The summed E-state index contributed by atoms with van der Waals surface area (Å²) in [5.74, 6) is 0. The van der Waals surface area contributed by atoms with Gasteiger partial charge in [-0.3, -0.25) is 4.90 Å². The largest absolute Gasteiger partial charge is 0.389 e. The zero-order valence-corrected chi connectivity index (χ0v) is 15.2. The summed E-state index contributed by atoms with van der Waals surface area (Å²) in [5, 5.41) is 5.16. The van der Waals surface area contributed by atoms with Crippen molar-refractivity contribution in [3.8, 4) is 0 Å². The van der Waals surface area contributed by atoms with Crippen LogP contribution >= 0.6 is 52.1 Å². The topological polar surface area (TPSA) is 15.3 Å². The molecule has 124 valence electrons. The number of halogens is 6. The lowest BCUT2D eigenvalue weighted by Gasteiger charge is -2.34. The molecule has 2 heterocycles. The Morgan fingerprint density at radius 1 is 1.29 bits per heavy atom. The summed E-state index contributed by atoms with van der Waals surface area (Å²) in [6.45, 7) is 3.29. The number of thiophene rings is 1. The number of nitrogens with zero attached hydrogens (tertiary/aromatic N) is 1. The van der Waals surface area contributed by atoms with Gasteiger partial charge in [0.15, 0.2) is 0 Å². The normalized spacial score (nSPS) is 17.7. The number of alkyl halides is 3. The smallest absolute Gasteiger partial charge is 0.314 e. The average molecular weight is 430 g/mol. The van der Waals surface area contributed by atoms with Crippen LogP contribution in [0.3, 0.4) is 0 Å². The van der Waals surface area contributed by atoms with Crippen LogP contribution in [0.5, 0.6) is 0 Å². The van der Waals surface area contributed by atoms with Gasteiger partial charge in [0, 0.05) is 53.4 Å². The van der Waals surface area contributed by atoms with E-state index in [9.17, 15) is 13.2 Å². The molecule has 1 fully saturated rings. The molecule has 1 N–H and O–H groups in total. The molecule has 0 aliphatic carbocycles. The van der Waals surface area contributed by atoms with Gasteiger partial charge in [-0.2, -0.15) is 13.2 Å². The SMILES string of the molecule is Cl.Cl.FC(F)(F)CC[C@H](c1cc(Br)cs1)N1CCNCC1. The molecule has 1 saturated heterocycles. The molecule has 0 bridgehead atoms. The molecule has 1 aromatic rings. The van der Waals surface area contributed by atoms with Crippen LogP contribution in [0, 0.1) is 0 Å². The van der Waals surface area contributed by atoms with Gasteiger partial charge in [-0.1, -0.05) is 0 Å². The Kier molecular flexibility index (Phi) is 9.79. The minimum Gasteiger partial charge on any atom is -0.314 e.